The highest BCUT2D eigenvalue weighted by molar-refractivity contribution is 5.76. The van der Waals surface area contributed by atoms with Crippen LogP contribution in [0.4, 0.5) is 4.79 Å². The second kappa shape index (κ2) is 5.33. The number of aliphatic carboxylic acids is 1. The van der Waals surface area contributed by atoms with Gasteiger partial charge in [-0.1, -0.05) is 0 Å². The molecule has 0 aromatic carbocycles. The number of aromatic amines is 1. The van der Waals surface area contributed by atoms with Crippen molar-refractivity contribution in [3.05, 3.63) is 18.2 Å². The van der Waals surface area contributed by atoms with E-state index in [0.717, 1.165) is 5.69 Å². The zero-order chi connectivity index (χ0) is 12.9. The Bertz CT molecular complexity index is 386. The fourth-order valence-electron chi connectivity index (χ4n) is 1.33. The number of imidazole rings is 1. The van der Waals surface area contributed by atoms with E-state index in [1.807, 2.05) is 0 Å². The van der Waals surface area contributed by atoms with Crippen LogP contribution < -0.4 is 10.6 Å². The SMILES string of the molecule is CC(C)(CC(=O)O)NC(=O)NCc1cnc[nH]1. The fraction of sp³-hybridized carbons (Fsp3) is 0.500. The van der Waals surface area contributed by atoms with Gasteiger partial charge in [0.15, 0.2) is 0 Å². The first-order valence-corrected chi connectivity index (χ1v) is 5.14. The fourth-order valence-corrected chi connectivity index (χ4v) is 1.33. The molecule has 1 aromatic heterocycles. The van der Waals surface area contributed by atoms with Crippen LogP contribution in [0.5, 0.6) is 0 Å². The summed E-state index contributed by atoms with van der Waals surface area (Å²) in [6, 6.07) is -0.411. The molecule has 7 nitrogen and oxygen atoms in total. The molecule has 7 heteroatoms. The number of carbonyl (C=O) groups is 2. The second-order valence-electron chi connectivity index (χ2n) is 4.34. The minimum Gasteiger partial charge on any atom is -0.481 e. The Balaban J connectivity index is 2.36. The number of carbonyl (C=O) groups excluding carboxylic acids is 1. The van der Waals surface area contributed by atoms with E-state index in [0.29, 0.717) is 6.54 Å². The Kier molecular flexibility index (Phi) is 4.08. The van der Waals surface area contributed by atoms with Gasteiger partial charge < -0.3 is 20.7 Å². The zero-order valence-electron chi connectivity index (χ0n) is 9.78. The van der Waals surface area contributed by atoms with Gasteiger partial charge >= 0.3 is 12.0 Å². The summed E-state index contributed by atoms with van der Waals surface area (Å²) in [4.78, 5) is 28.7. The predicted octanol–water partition coefficient (Wildman–Crippen LogP) is 0.462. The summed E-state index contributed by atoms with van der Waals surface area (Å²) in [5, 5.41) is 13.8. The van der Waals surface area contributed by atoms with Crippen molar-refractivity contribution in [2.24, 2.45) is 0 Å². The van der Waals surface area contributed by atoms with Gasteiger partial charge in [-0.2, -0.15) is 0 Å². The lowest BCUT2D eigenvalue weighted by molar-refractivity contribution is -0.138. The summed E-state index contributed by atoms with van der Waals surface area (Å²) < 4.78 is 0. The number of amides is 2. The first kappa shape index (κ1) is 13.0. The van der Waals surface area contributed by atoms with Crippen LogP contribution in [-0.2, 0) is 11.3 Å². The van der Waals surface area contributed by atoms with Gasteiger partial charge in [0.2, 0.25) is 0 Å². The monoisotopic (exact) mass is 240 g/mol. The molecule has 1 rings (SSSR count). The average Bonchev–Trinajstić information content (AvgIpc) is 2.63. The second-order valence-corrected chi connectivity index (χ2v) is 4.34. The number of carboxylic acids is 1. The van der Waals surface area contributed by atoms with Crippen molar-refractivity contribution >= 4 is 12.0 Å². The molecule has 1 heterocycles. The van der Waals surface area contributed by atoms with Crippen molar-refractivity contribution in [1.82, 2.24) is 20.6 Å². The molecule has 0 spiro atoms. The normalized spacial score (nSPS) is 10.9. The molecule has 0 saturated carbocycles. The van der Waals surface area contributed by atoms with Crippen LogP contribution in [0, 0.1) is 0 Å². The molecule has 94 valence electrons. The number of urea groups is 1. The first-order chi connectivity index (χ1) is 7.89. The van der Waals surface area contributed by atoms with E-state index < -0.39 is 17.5 Å². The molecule has 1 aromatic rings. The molecule has 0 fully saturated rings. The lowest BCUT2D eigenvalue weighted by atomic mass is 10.0. The van der Waals surface area contributed by atoms with Crippen LogP contribution in [0.1, 0.15) is 26.0 Å². The molecule has 2 amide bonds. The smallest absolute Gasteiger partial charge is 0.315 e. The van der Waals surface area contributed by atoms with Crippen molar-refractivity contribution in [2.75, 3.05) is 0 Å². The Hall–Kier alpha value is -2.05. The molecule has 0 aliphatic rings. The third-order valence-electron chi connectivity index (χ3n) is 2.04. The Labute approximate surface area is 98.6 Å². The van der Waals surface area contributed by atoms with Crippen molar-refractivity contribution in [3.63, 3.8) is 0 Å². The molecule has 0 bridgehead atoms. The standard InChI is InChI=1S/C10H16N4O3/c1-10(2,3-8(15)16)14-9(17)12-5-7-4-11-6-13-7/h4,6H,3,5H2,1-2H3,(H,11,13)(H,15,16)(H2,12,14,17). The molecule has 0 aliphatic carbocycles. The molecule has 4 N–H and O–H groups in total. The number of aromatic nitrogens is 2. The van der Waals surface area contributed by atoms with Gasteiger partial charge in [0.25, 0.3) is 0 Å². The molecule has 0 aliphatic heterocycles. The van der Waals surface area contributed by atoms with Gasteiger partial charge in [0.1, 0.15) is 0 Å². The molecular weight excluding hydrogens is 224 g/mol. The summed E-state index contributed by atoms with van der Waals surface area (Å²) in [6.45, 7) is 3.61. The highest BCUT2D eigenvalue weighted by Crippen LogP contribution is 2.07. The minimum absolute atomic E-state index is 0.134. The van der Waals surface area contributed by atoms with E-state index in [-0.39, 0.29) is 6.42 Å². The number of nitrogens with one attached hydrogen (secondary N) is 3. The van der Waals surface area contributed by atoms with E-state index in [9.17, 15) is 9.59 Å². The van der Waals surface area contributed by atoms with Crippen LogP contribution in [0.3, 0.4) is 0 Å². The van der Waals surface area contributed by atoms with Crippen LogP contribution in [0.2, 0.25) is 0 Å². The van der Waals surface area contributed by atoms with Gasteiger partial charge in [0, 0.05) is 11.7 Å². The van der Waals surface area contributed by atoms with Gasteiger partial charge in [0.05, 0.1) is 25.0 Å². The lowest BCUT2D eigenvalue weighted by Gasteiger charge is -2.24. The number of carboxylic acid groups (broad SMARTS) is 1. The van der Waals surface area contributed by atoms with E-state index >= 15 is 0 Å². The molecule has 0 radical (unpaired) electrons. The first-order valence-electron chi connectivity index (χ1n) is 5.14. The largest absolute Gasteiger partial charge is 0.481 e. The van der Waals surface area contributed by atoms with E-state index in [4.69, 9.17) is 5.11 Å². The van der Waals surface area contributed by atoms with Crippen molar-refractivity contribution in [2.45, 2.75) is 32.4 Å². The minimum atomic E-state index is -0.955. The summed E-state index contributed by atoms with van der Waals surface area (Å²) in [6.07, 6.45) is 2.98. The Morgan fingerprint density at radius 1 is 1.53 bits per heavy atom. The third-order valence-corrected chi connectivity index (χ3v) is 2.04. The molecular formula is C10H16N4O3. The summed E-state index contributed by atoms with van der Waals surface area (Å²) in [5.74, 6) is -0.955. The number of hydrogen-bond acceptors (Lipinski definition) is 3. The van der Waals surface area contributed by atoms with Crippen molar-refractivity contribution in [3.8, 4) is 0 Å². The predicted molar refractivity (Wildman–Crippen MR) is 60.3 cm³/mol. The third kappa shape index (κ3) is 5.01. The summed E-state index contributed by atoms with van der Waals surface area (Å²) in [7, 11) is 0. The van der Waals surface area contributed by atoms with Crippen LogP contribution in [0.25, 0.3) is 0 Å². The molecule has 17 heavy (non-hydrogen) atoms. The highest BCUT2D eigenvalue weighted by Gasteiger charge is 2.23. The number of nitrogens with zero attached hydrogens (tertiary/aromatic N) is 1. The van der Waals surface area contributed by atoms with Crippen molar-refractivity contribution in [1.29, 1.82) is 0 Å². The topological polar surface area (TPSA) is 107 Å². The summed E-state index contributed by atoms with van der Waals surface area (Å²) in [5.41, 5.74) is -0.0135. The van der Waals surface area contributed by atoms with Crippen LogP contribution in [0.15, 0.2) is 12.5 Å². The Morgan fingerprint density at radius 2 is 2.24 bits per heavy atom. The highest BCUT2D eigenvalue weighted by atomic mass is 16.4. The van der Waals surface area contributed by atoms with Crippen LogP contribution >= 0.6 is 0 Å². The molecule has 0 atom stereocenters. The van der Waals surface area contributed by atoms with Gasteiger partial charge in [-0.3, -0.25) is 4.79 Å². The Morgan fingerprint density at radius 3 is 2.76 bits per heavy atom. The van der Waals surface area contributed by atoms with E-state index in [2.05, 4.69) is 20.6 Å². The molecule has 0 unspecified atom stereocenters. The van der Waals surface area contributed by atoms with E-state index in [1.165, 1.54) is 6.33 Å². The van der Waals surface area contributed by atoms with Gasteiger partial charge in [-0.25, -0.2) is 9.78 Å². The van der Waals surface area contributed by atoms with E-state index in [1.54, 1.807) is 20.0 Å². The maximum Gasteiger partial charge on any atom is 0.315 e. The number of hydrogen-bond donors (Lipinski definition) is 4. The molecule has 0 saturated heterocycles. The zero-order valence-corrected chi connectivity index (χ0v) is 9.78. The maximum absolute atomic E-state index is 11.5. The number of rotatable bonds is 5. The van der Waals surface area contributed by atoms with Crippen molar-refractivity contribution < 1.29 is 14.7 Å². The van der Waals surface area contributed by atoms with Gasteiger partial charge in [-0.05, 0) is 13.8 Å². The van der Waals surface area contributed by atoms with Gasteiger partial charge in [-0.15, -0.1) is 0 Å². The summed E-state index contributed by atoms with van der Waals surface area (Å²) >= 11 is 0. The lowest BCUT2D eigenvalue weighted by Crippen LogP contribution is -2.49. The maximum atomic E-state index is 11.5. The van der Waals surface area contributed by atoms with Crippen LogP contribution in [-0.4, -0.2) is 32.6 Å². The average molecular weight is 240 g/mol. The number of H-pyrrole nitrogens is 1. The quantitative estimate of drug-likeness (QED) is 0.599.